The number of nitrogens with one attached hydrogen (secondary N) is 3. The summed E-state index contributed by atoms with van der Waals surface area (Å²) in [6.07, 6.45) is 0.839. The molecule has 0 bridgehead atoms. The van der Waals surface area contributed by atoms with Gasteiger partial charge in [-0.25, -0.2) is 4.98 Å². The maximum Gasteiger partial charge on any atom is 0.260 e. The molecule has 2 heterocycles. The molecule has 2 unspecified atom stereocenters. The second-order valence-electron chi connectivity index (χ2n) is 7.18. The highest BCUT2D eigenvalue weighted by Gasteiger charge is 2.20. The lowest BCUT2D eigenvalue weighted by molar-refractivity contribution is -0.128. The summed E-state index contributed by atoms with van der Waals surface area (Å²) in [5, 5.41) is 7.62. The molecule has 0 saturated carbocycles. The van der Waals surface area contributed by atoms with Gasteiger partial charge in [0.25, 0.3) is 5.56 Å². The normalized spacial score (nSPS) is 13.0. The van der Waals surface area contributed by atoms with Crippen LogP contribution in [-0.2, 0) is 15.3 Å². The zero-order valence-electron chi connectivity index (χ0n) is 17.7. The number of carbonyl (C=O) groups excluding carboxylic acids is 2. The van der Waals surface area contributed by atoms with E-state index in [-0.39, 0.29) is 17.4 Å². The summed E-state index contributed by atoms with van der Waals surface area (Å²) in [7, 11) is 0. The van der Waals surface area contributed by atoms with Crippen LogP contribution in [0.4, 0.5) is 0 Å². The maximum atomic E-state index is 12.7. The highest BCUT2D eigenvalue weighted by Crippen LogP contribution is 2.30. The monoisotopic (exact) mass is 458 g/mol. The summed E-state index contributed by atoms with van der Waals surface area (Å²) < 4.78 is 0. The van der Waals surface area contributed by atoms with Crippen LogP contribution in [0.25, 0.3) is 21.3 Å². The fourth-order valence-electron chi connectivity index (χ4n) is 2.97. The van der Waals surface area contributed by atoms with Crippen molar-refractivity contribution in [2.24, 2.45) is 0 Å². The number of aromatic amines is 1. The zero-order valence-corrected chi connectivity index (χ0v) is 19.4. The fourth-order valence-corrected chi connectivity index (χ4v) is 4.70. The number of carbonyl (C=O) groups is 2. The predicted octanol–water partition coefficient (Wildman–Crippen LogP) is 3.30. The van der Waals surface area contributed by atoms with Crippen LogP contribution < -0.4 is 16.2 Å². The molecular formula is C22H26N4O3S2. The van der Waals surface area contributed by atoms with Gasteiger partial charge in [-0.1, -0.05) is 37.3 Å². The molecule has 2 aromatic heterocycles. The van der Waals surface area contributed by atoms with Crippen molar-refractivity contribution in [3.8, 4) is 11.1 Å². The van der Waals surface area contributed by atoms with E-state index in [1.165, 1.54) is 23.1 Å². The molecule has 3 N–H and O–H groups in total. The maximum absolute atomic E-state index is 12.7. The van der Waals surface area contributed by atoms with Gasteiger partial charge in [-0.3, -0.25) is 14.4 Å². The number of aromatic nitrogens is 2. The summed E-state index contributed by atoms with van der Waals surface area (Å²) >= 11 is 2.79. The second kappa shape index (κ2) is 10.6. The summed E-state index contributed by atoms with van der Waals surface area (Å²) in [5.41, 5.74) is 1.67. The molecule has 1 aromatic carbocycles. The standard InChI is InChI=1S/C22H26N4O3S2/c1-4-10-23-19(27)13(2)24-20(28)14(3)30-12-17-25-21(29)18-16(11-31-22(18)26-17)15-8-6-5-7-9-15/h5-9,11,13-14H,4,10,12H2,1-3H3,(H,23,27)(H,24,28)(H,25,26,29). The van der Waals surface area contributed by atoms with Gasteiger partial charge in [-0.05, 0) is 25.8 Å². The third-order valence-electron chi connectivity index (χ3n) is 4.72. The summed E-state index contributed by atoms with van der Waals surface area (Å²) in [6, 6.07) is 9.14. The smallest absolute Gasteiger partial charge is 0.260 e. The molecule has 7 nitrogen and oxygen atoms in total. The average Bonchev–Trinajstić information content (AvgIpc) is 3.20. The van der Waals surface area contributed by atoms with Gasteiger partial charge in [-0.15, -0.1) is 23.1 Å². The summed E-state index contributed by atoms with van der Waals surface area (Å²) in [5.74, 6) is 0.484. The van der Waals surface area contributed by atoms with Crippen LogP contribution in [0, 0.1) is 0 Å². The number of thiophene rings is 1. The minimum atomic E-state index is -0.598. The van der Waals surface area contributed by atoms with Gasteiger partial charge in [0.1, 0.15) is 16.7 Å². The Morgan fingerprint density at radius 2 is 1.94 bits per heavy atom. The molecule has 0 spiro atoms. The van der Waals surface area contributed by atoms with Crippen molar-refractivity contribution >= 4 is 45.1 Å². The predicted molar refractivity (Wildman–Crippen MR) is 127 cm³/mol. The molecule has 31 heavy (non-hydrogen) atoms. The minimum Gasteiger partial charge on any atom is -0.354 e. The van der Waals surface area contributed by atoms with Gasteiger partial charge >= 0.3 is 0 Å². The first-order valence-electron chi connectivity index (χ1n) is 10.2. The molecule has 0 aliphatic rings. The Morgan fingerprint density at radius 1 is 1.19 bits per heavy atom. The van der Waals surface area contributed by atoms with Crippen LogP contribution >= 0.6 is 23.1 Å². The number of thioether (sulfide) groups is 1. The summed E-state index contributed by atoms with van der Waals surface area (Å²) in [4.78, 5) is 45.1. The van der Waals surface area contributed by atoms with E-state index in [0.717, 1.165) is 17.5 Å². The van der Waals surface area contributed by atoms with Crippen LogP contribution in [0.15, 0.2) is 40.5 Å². The van der Waals surface area contributed by atoms with E-state index in [0.29, 0.717) is 28.3 Å². The van der Waals surface area contributed by atoms with Gasteiger partial charge in [-0.2, -0.15) is 0 Å². The zero-order chi connectivity index (χ0) is 22.4. The SMILES string of the molecule is CCCNC(=O)C(C)NC(=O)C(C)SCc1nc2scc(-c3ccccc3)c2c(=O)[nH]1. The van der Waals surface area contributed by atoms with E-state index >= 15 is 0 Å². The first-order chi connectivity index (χ1) is 14.9. The van der Waals surface area contributed by atoms with Crippen LogP contribution in [-0.4, -0.2) is 39.6 Å². The van der Waals surface area contributed by atoms with Crippen molar-refractivity contribution < 1.29 is 9.59 Å². The Labute approximate surface area is 189 Å². The average molecular weight is 459 g/mol. The van der Waals surface area contributed by atoms with Gasteiger partial charge < -0.3 is 15.6 Å². The van der Waals surface area contributed by atoms with Crippen molar-refractivity contribution in [1.82, 2.24) is 20.6 Å². The van der Waals surface area contributed by atoms with Crippen molar-refractivity contribution in [2.75, 3.05) is 6.54 Å². The van der Waals surface area contributed by atoms with Gasteiger partial charge in [0.2, 0.25) is 11.8 Å². The number of rotatable bonds is 9. The quantitative estimate of drug-likeness (QED) is 0.456. The van der Waals surface area contributed by atoms with E-state index < -0.39 is 11.3 Å². The molecule has 2 amide bonds. The van der Waals surface area contributed by atoms with Crippen molar-refractivity contribution in [3.63, 3.8) is 0 Å². The van der Waals surface area contributed by atoms with Crippen LogP contribution in [0.5, 0.6) is 0 Å². The Morgan fingerprint density at radius 3 is 2.65 bits per heavy atom. The summed E-state index contributed by atoms with van der Waals surface area (Å²) in [6.45, 7) is 5.98. The van der Waals surface area contributed by atoms with Crippen LogP contribution in [0.1, 0.15) is 33.0 Å². The molecule has 0 saturated heterocycles. The molecule has 3 rings (SSSR count). The second-order valence-corrected chi connectivity index (χ2v) is 9.37. The van der Waals surface area contributed by atoms with E-state index in [1.54, 1.807) is 13.8 Å². The van der Waals surface area contributed by atoms with Crippen molar-refractivity contribution in [1.29, 1.82) is 0 Å². The third kappa shape index (κ3) is 5.74. The lowest BCUT2D eigenvalue weighted by Gasteiger charge is -2.17. The number of hydrogen-bond acceptors (Lipinski definition) is 6. The molecule has 164 valence electrons. The Hall–Kier alpha value is -2.65. The molecule has 0 aliphatic carbocycles. The molecular weight excluding hydrogens is 432 g/mol. The Bertz CT molecular complexity index is 1110. The molecule has 0 radical (unpaired) electrons. The number of benzene rings is 1. The Balaban J connectivity index is 1.64. The lowest BCUT2D eigenvalue weighted by Crippen LogP contribution is -2.47. The highest BCUT2D eigenvalue weighted by molar-refractivity contribution is 7.99. The first-order valence-corrected chi connectivity index (χ1v) is 12.1. The van der Waals surface area contributed by atoms with Crippen molar-refractivity contribution in [3.05, 3.63) is 51.9 Å². The number of amides is 2. The van der Waals surface area contributed by atoms with Crippen molar-refractivity contribution in [2.45, 2.75) is 44.2 Å². The van der Waals surface area contributed by atoms with Gasteiger partial charge in [0.05, 0.1) is 16.4 Å². The van der Waals surface area contributed by atoms with Gasteiger partial charge in [0.15, 0.2) is 0 Å². The topological polar surface area (TPSA) is 104 Å². The van der Waals surface area contributed by atoms with Gasteiger partial charge in [0, 0.05) is 17.5 Å². The number of nitrogens with zero attached hydrogens (tertiary/aromatic N) is 1. The molecule has 3 aromatic rings. The lowest BCUT2D eigenvalue weighted by atomic mass is 10.1. The van der Waals surface area contributed by atoms with Crippen LogP contribution in [0.3, 0.4) is 0 Å². The Kier molecular flexibility index (Phi) is 7.86. The van der Waals surface area contributed by atoms with E-state index in [2.05, 4.69) is 20.6 Å². The minimum absolute atomic E-state index is 0.181. The highest BCUT2D eigenvalue weighted by atomic mass is 32.2. The molecule has 0 fully saturated rings. The molecule has 9 heteroatoms. The number of H-pyrrole nitrogens is 1. The molecule has 2 atom stereocenters. The first kappa shape index (κ1) is 23.0. The molecule has 0 aliphatic heterocycles. The van der Waals surface area contributed by atoms with Crippen LogP contribution in [0.2, 0.25) is 0 Å². The number of hydrogen-bond donors (Lipinski definition) is 3. The fraction of sp³-hybridized carbons (Fsp3) is 0.364. The largest absolute Gasteiger partial charge is 0.354 e. The third-order valence-corrected chi connectivity index (χ3v) is 6.74. The number of fused-ring (bicyclic) bond motifs is 1. The van der Waals surface area contributed by atoms with E-state index in [1.807, 2.05) is 42.6 Å². The van der Waals surface area contributed by atoms with E-state index in [4.69, 9.17) is 0 Å². The van der Waals surface area contributed by atoms with E-state index in [9.17, 15) is 14.4 Å².